The molecule has 0 aromatic carbocycles. The van der Waals surface area contributed by atoms with Crippen molar-refractivity contribution in [1.29, 1.82) is 0 Å². The first-order valence-electron chi connectivity index (χ1n) is 5.02. The van der Waals surface area contributed by atoms with E-state index in [2.05, 4.69) is 16.5 Å². The van der Waals surface area contributed by atoms with Gasteiger partial charge in [0.1, 0.15) is 0 Å². The van der Waals surface area contributed by atoms with Crippen molar-refractivity contribution < 1.29 is 0 Å². The molecule has 0 fully saturated rings. The number of nitrogens with zero attached hydrogens (tertiary/aromatic N) is 2. The van der Waals surface area contributed by atoms with Crippen molar-refractivity contribution in [2.75, 3.05) is 6.54 Å². The van der Waals surface area contributed by atoms with E-state index in [0.29, 0.717) is 0 Å². The third-order valence-electron chi connectivity index (χ3n) is 2.97. The highest BCUT2D eigenvalue weighted by Crippen LogP contribution is 2.23. The first-order valence-corrected chi connectivity index (χ1v) is 5.02. The van der Waals surface area contributed by atoms with Crippen LogP contribution in [0.1, 0.15) is 24.2 Å². The van der Waals surface area contributed by atoms with Crippen molar-refractivity contribution in [2.24, 2.45) is 11.7 Å². The van der Waals surface area contributed by atoms with Crippen LogP contribution in [0.3, 0.4) is 0 Å². The third-order valence-corrected chi connectivity index (χ3v) is 2.97. The molecule has 1 unspecified atom stereocenters. The van der Waals surface area contributed by atoms with Crippen LogP contribution < -0.4 is 5.73 Å². The van der Waals surface area contributed by atoms with Gasteiger partial charge in [0.05, 0.1) is 12.0 Å². The Balaban J connectivity index is 2.11. The fourth-order valence-corrected chi connectivity index (χ4v) is 2.17. The lowest BCUT2D eigenvalue weighted by Crippen LogP contribution is -2.22. The number of imidazole rings is 1. The van der Waals surface area contributed by atoms with E-state index in [-0.39, 0.29) is 0 Å². The van der Waals surface area contributed by atoms with E-state index in [1.165, 1.54) is 24.2 Å². The molecule has 3 nitrogen and oxygen atoms in total. The van der Waals surface area contributed by atoms with Crippen molar-refractivity contribution in [2.45, 2.75) is 32.7 Å². The van der Waals surface area contributed by atoms with Gasteiger partial charge in [0.2, 0.25) is 0 Å². The maximum absolute atomic E-state index is 5.56. The van der Waals surface area contributed by atoms with Crippen LogP contribution in [0, 0.1) is 12.8 Å². The molecule has 0 radical (unpaired) electrons. The van der Waals surface area contributed by atoms with Gasteiger partial charge in [-0.3, -0.25) is 0 Å². The van der Waals surface area contributed by atoms with Gasteiger partial charge >= 0.3 is 0 Å². The van der Waals surface area contributed by atoms with E-state index in [9.17, 15) is 0 Å². The molecule has 1 aliphatic rings. The monoisotopic (exact) mass is 179 g/mol. The first kappa shape index (κ1) is 8.75. The maximum atomic E-state index is 5.56. The molecule has 1 aliphatic heterocycles. The summed E-state index contributed by atoms with van der Waals surface area (Å²) in [6, 6.07) is 0. The van der Waals surface area contributed by atoms with Crippen LogP contribution in [0.15, 0.2) is 6.33 Å². The zero-order chi connectivity index (χ0) is 9.26. The topological polar surface area (TPSA) is 43.8 Å². The Morgan fingerprint density at radius 1 is 1.69 bits per heavy atom. The average molecular weight is 179 g/mol. The molecule has 1 aromatic heterocycles. The molecule has 0 saturated heterocycles. The van der Waals surface area contributed by atoms with Crippen LogP contribution >= 0.6 is 0 Å². The SMILES string of the molecule is Cc1ncn2c1CCC(CCN)C2. The molecule has 2 rings (SSSR count). The van der Waals surface area contributed by atoms with Crippen molar-refractivity contribution in [3.05, 3.63) is 17.7 Å². The van der Waals surface area contributed by atoms with Gasteiger partial charge in [0, 0.05) is 12.2 Å². The lowest BCUT2D eigenvalue weighted by atomic mass is 9.94. The van der Waals surface area contributed by atoms with Gasteiger partial charge < -0.3 is 10.3 Å². The Bertz CT molecular complexity index is 290. The summed E-state index contributed by atoms with van der Waals surface area (Å²) in [5.74, 6) is 0.770. The van der Waals surface area contributed by atoms with E-state index >= 15 is 0 Å². The summed E-state index contributed by atoms with van der Waals surface area (Å²) in [5, 5.41) is 0. The van der Waals surface area contributed by atoms with Gasteiger partial charge in [-0.05, 0) is 38.6 Å². The van der Waals surface area contributed by atoms with Crippen LogP contribution in [-0.2, 0) is 13.0 Å². The second-order valence-electron chi connectivity index (χ2n) is 3.91. The molecule has 0 aliphatic carbocycles. The largest absolute Gasteiger partial charge is 0.334 e. The number of hydrogen-bond acceptors (Lipinski definition) is 2. The highest BCUT2D eigenvalue weighted by molar-refractivity contribution is 5.13. The van der Waals surface area contributed by atoms with Gasteiger partial charge in [-0.25, -0.2) is 4.98 Å². The van der Waals surface area contributed by atoms with E-state index < -0.39 is 0 Å². The van der Waals surface area contributed by atoms with Crippen molar-refractivity contribution in [3.63, 3.8) is 0 Å². The standard InChI is InChI=1S/C10H17N3/c1-8-10-3-2-9(4-5-11)6-13(10)7-12-8/h7,9H,2-6,11H2,1H3. The molecule has 1 atom stereocenters. The van der Waals surface area contributed by atoms with Crippen LogP contribution in [0.5, 0.6) is 0 Å². The molecule has 0 bridgehead atoms. The number of hydrogen-bond donors (Lipinski definition) is 1. The summed E-state index contributed by atoms with van der Waals surface area (Å²) in [6.45, 7) is 4.02. The molecule has 3 heteroatoms. The average Bonchev–Trinajstić information content (AvgIpc) is 2.48. The molecule has 0 amide bonds. The minimum absolute atomic E-state index is 0.770. The van der Waals surface area contributed by atoms with Gasteiger partial charge in [0.25, 0.3) is 0 Å². The highest BCUT2D eigenvalue weighted by Gasteiger charge is 2.19. The predicted octanol–water partition coefficient (Wildman–Crippen LogP) is 1.10. The summed E-state index contributed by atoms with van der Waals surface area (Å²) in [7, 11) is 0. The molecule has 13 heavy (non-hydrogen) atoms. The molecule has 0 spiro atoms. The number of fused-ring (bicyclic) bond motifs is 1. The lowest BCUT2D eigenvalue weighted by Gasteiger charge is -2.23. The fraction of sp³-hybridized carbons (Fsp3) is 0.700. The molecular weight excluding hydrogens is 162 g/mol. The Morgan fingerprint density at radius 2 is 2.54 bits per heavy atom. The molecular formula is C10H17N3. The normalized spacial score (nSPS) is 21.5. The van der Waals surface area contributed by atoms with Gasteiger partial charge in [-0.1, -0.05) is 0 Å². The van der Waals surface area contributed by atoms with Crippen LogP contribution in [-0.4, -0.2) is 16.1 Å². The lowest BCUT2D eigenvalue weighted by molar-refractivity contribution is 0.352. The molecule has 2 heterocycles. The van der Waals surface area contributed by atoms with E-state index in [1.807, 2.05) is 6.33 Å². The summed E-state index contributed by atoms with van der Waals surface area (Å²) >= 11 is 0. The Morgan fingerprint density at radius 3 is 3.31 bits per heavy atom. The zero-order valence-electron chi connectivity index (χ0n) is 8.16. The van der Waals surface area contributed by atoms with Gasteiger partial charge in [-0.15, -0.1) is 0 Å². The smallest absolute Gasteiger partial charge is 0.0951 e. The molecule has 1 aromatic rings. The number of aryl methyl sites for hydroxylation is 1. The Kier molecular flexibility index (Phi) is 2.36. The number of aromatic nitrogens is 2. The van der Waals surface area contributed by atoms with Crippen LogP contribution in [0.25, 0.3) is 0 Å². The van der Waals surface area contributed by atoms with E-state index in [1.54, 1.807) is 0 Å². The van der Waals surface area contributed by atoms with E-state index in [0.717, 1.165) is 25.4 Å². The molecule has 2 N–H and O–H groups in total. The van der Waals surface area contributed by atoms with E-state index in [4.69, 9.17) is 5.73 Å². The summed E-state index contributed by atoms with van der Waals surface area (Å²) in [4.78, 5) is 4.32. The second-order valence-corrected chi connectivity index (χ2v) is 3.91. The van der Waals surface area contributed by atoms with Crippen molar-refractivity contribution in [3.8, 4) is 0 Å². The quantitative estimate of drug-likeness (QED) is 0.739. The van der Waals surface area contributed by atoms with Crippen molar-refractivity contribution in [1.82, 2.24) is 9.55 Å². The molecule has 0 saturated carbocycles. The Hall–Kier alpha value is -0.830. The maximum Gasteiger partial charge on any atom is 0.0951 e. The minimum atomic E-state index is 0.770. The van der Waals surface area contributed by atoms with Crippen molar-refractivity contribution >= 4 is 0 Å². The molecule has 72 valence electrons. The summed E-state index contributed by atoms with van der Waals surface area (Å²) < 4.78 is 2.29. The highest BCUT2D eigenvalue weighted by atomic mass is 15.1. The van der Waals surface area contributed by atoms with Gasteiger partial charge in [-0.2, -0.15) is 0 Å². The first-order chi connectivity index (χ1) is 6.31. The predicted molar refractivity (Wildman–Crippen MR) is 52.4 cm³/mol. The van der Waals surface area contributed by atoms with Gasteiger partial charge in [0.15, 0.2) is 0 Å². The number of nitrogens with two attached hydrogens (primary N) is 1. The van der Waals surface area contributed by atoms with Crippen LogP contribution in [0.4, 0.5) is 0 Å². The third kappa shape index (κ3) is 1.61. The fourth-order valence-electron chi connectivity index (χ4n) is 2.17. The second kappa shape index (κ2) is 3.50. The van der Waals surface area contributed by atoms with Crippen LogP contribution in [0.2, 0.25) is 0 Å². The number of rotatable bonds is 2. The summed E-state index contributed by atoms with van der Waals surface area (Å²) in [5.41, 5.74) is 8.18. The Labute approximate surface area is 79.0 Å². The minimum Gasteiger partial charge on any atom is -0.334 e. The summed E-state index contributed by atoms with van der Waals surface area (Å²) in [6.07, 6.45) is 5.57. The zero-order valence-corrected chi connectivity index (χ0v) is 8.16.